The van der Waals surface area contributed by atoms with Crippen LogP contribution in [-0.2, 0) is 4.79 Å². The standard InChI is InChI=1S/C18H14FN3OS/c19-12-6-4-5-11(9-12)14-10-15(23)21-17-16(14)24-18(22-17)20-13-7-2-1-3-8-13/h1-9,14H,10H2,(H,20,22)(H,21,23)/t14-/m1/s1. The van der Waals surface area contributed by atoms with E-state index in [2.05, 4.69) is 15.6 Å². The Labute approximate surface area is 142 Å². The molecular formula is C18H14FN3OS. The van der Waals surface area contributed by atoms with Gasteiger partial charge in [-0.1, -0.05) is 41.7 Å². The fourth-order valence-corrected chi connectivity index (χ4v) is 3.88. The normalized spacial score (nSPS) is 16.4. The number of hydrogen-bond acceptors (Lipinski definition) is 4. The fraction of sp³-hybridized carbons (Fsp3) is 0.111. The maximum absolute atomic E-state index is 13.6. The lowest BCUT2D eigenvalue weighted by Crippen LogP contribution is -2.22. The molecule has 0 fully saturated rings. The van der Waals surface area contributed by atoms with Gasteiger partial charge in [-0.05, 0) is 29.8 Å². The van der Waals surface area contributed by atoms with Crippen LogP contribution in [0, 0.1) is 5.82 Å². The van der Waals surface area contributed by atoms with Crippen LogP contribution >= 0.6 is 11.3 Å². The lowest BCUT2D eigenvalue weighted by molar-refractivity contribution is -0.116. The number of nitrogens with one attached hydrogen (secondary N) is 2. The number of carbonyl (C=O) groups excluding carboxylic acids is 1. The quantitative estimate of drug-likeness (QED) is 0.739. The van der Waals surface area contributed by atoms with Crippen molar-refractivity contribution in [1.29, 1.82) is 0 Å². The van der Waals surface area contributed by atoms with Crippen molar-refractivity contribution in [1.82, 2.24) is 4.98 Å². The molecule has 4 nitrogen and oxygen atoms in total. The van der Waals surface area contributed by atoms with Gasteiger partial charge in [-0.15, -0.1) is 0 Å². The van der Waals surface area contributed by atoms with Crippen LogP contribution in [0.15, 0.2) is 54.6 Å². The highest BCUT2D eigenvalue weighted by atomic mass is 32.1. The Morgan fingerprint density at radius 1 is 1.17 bits per heavy atom. The zero-order chi connectivity index (χ0) is 16.5. The molecule has 0 aliphatic carbocycles. The SMILES string of the molecule is O=C1C[C@H](c2cccc(F)c2)c2sc(Nc3ccccc3)nc2N1. The molecule has 120 valence electrons. The summed E-state index contributed by atoms with van der Waals surface area (Å²) in [6, 6.07) is 16.1. The second-order valence-corrected chi connectivity index (χ2v) is 6.61. The van der Waals surface area contributed by atoms with E-state index in [4.69, 9.17) is 0 Å². The number of thiazole rings is 1. The van der Waals surface area contributed by atoms with Crippen LogP contribution in [0.3, 0.4) is 0 Å². The number of carbonyl (C=O) groups is 1. The smallest absolute Gasteiger partial charge is 0.226 e. The molecule has 0 saturated carbocycles. The lowest BCUT2D eigenvalue weighted by Gasteiger charge is -2.21. The van der Waals surface area contributed by atoms with Crippen molar-refractivity contribution in [2.24, 2.45) is 0 Å². The van der Waals surface area contributed by atoms with Crippen molar-refractivity contribution >= 4 is 33.9 Å². The van der Waals surface area contributed by atoms with Gasteiger partial charge in [-0.3, -0.25) is 4.79 Å². The monoisotopic (exact) mass is 339 g/mol. The summed E-state index contributed by atoms with van der Waals surface area (Å²) in [5.41, 5.74) is 1.72. The van der Waals surface area contributed by atoms with E-state index in [-0.39, 0.29) is 17.6 Å². The van der Waals surface area contributed by atoms with Gasteiger partial charge in [0.2, 0.25) is 5.91 Å². The molecule has 0 radical (unpaired) electrons. The summed E-state index contributed by atoms with van der Waals surface area (Å²) in [6.45, 7) is 0. The lowest BCUT2D eigenvalue weighted by atomic mass is 9.91. The second kappa shape index (κ2) is 6.05. The Balaban J connectivity index is 1.70. The molecule has 6 heteroatoms. The minimum atomic E-state index is -0.299. The first-order valence-corrected chi connectivity index (χ1v) is 8.39. The summed E-state index contributed by atoms with van der Waals surface area (Å²) in [4.78, 5) is 17.4. The molecule has 2 N–H and O–H groups in total. The Bertz CT molecular complexity index is 894. The molecule has 24 heavy (non-hydrogen) atoms. The van der Waals surface area contributed by atoms with Gasteiger partial charge in [0.25, 0.3) is 0 Å². The van der Waals surface area contributed by atoms with Crippen molar-refractivity contribution in [3.8, 4) is 0 Å². The van der Waals surface area contributed by atoms with Crippen molar-refractivity contribution in [3.63, 3.8) is 0 Å². The van der Waals surface area contributed by atoms with E-state index in [0.717, 1.165) is 16.1 Å². The van der Waals surface area contributed by atoms with Gasteiger partial charge in [-0.2, -0.15) is 0 Å². The van der Waals surface area contributed by atoms with Gasteiger partial charge in [-0.25, -0.2) is 9.37 Å². The van der Waals surface area contributed by atoms with E-state index in [0.29, 0.717) is 17.4 Å². The Morgan fingerprint density at radius 3 is 2.79 bits per heavy atom. The molecule has 4 rings (SSSR count). The molecule has 1 aliphatic rings. The first kappa shape index (κ1) is 14.8. The van der Waals surface area contributed by atoms with E-state index in [9.17, 15) is 9.18 Å². The second-order valence-electron chi connectivity index (χ2n) is 5.58. The van der Waals surface area contributed by atoms with Gasteiger partial charge in [0.1, 0.15) is 11.6 Å². The number of amides is 1. The first-order chi connectivity index (χ1) is 11.7. The maximum Gasteiger partial charge on any atom is 0.226 e. The number of nitrogens with zero attached hydrogens (tertiary/aromatic N) is 1. The number of benzene rings is 2. The van der Waals surface area contributed by atoms with E-state index < -0.39 is 0 Å². The molecule has 1 atom stereocenters. The zero-order valence-corrected chi connectivity index (χ0v) is 13.4. The third kappa shape index (κ3) is 2.88. The summed E-state index contributed by atoms with van der Waals surface area (Å²) in [5, 5.41) is 6.75. The Morgan fingerprint density at radius 2 is 2.00 bits per heavy atom. The van der Waals surface area contributed by atoms with Gasteiger partial charge >= 0.3 is 0 Å². The van der Waals surface area contributed by atoms with Crippen LogP contribution in [-0.4, -0.2) is 10.9 Å². The number of fused-ring (bicyclic) bond motifs is 1. The molecule has 1 aromatic heterocycles. The number of aromatic nitrogens is 1. The van der Waals surface area contributed by atoms with Crippen LogP contribution in [0.2, 0.25) is 0 Å². The highest BCUT2D eigenvalue weighted by molar-refractivity contribution is 7.16. The van der Waals surface area contributed by atoms with Crippen LogP contribution < -0.4 is 10.6 Å². The number of hydrogen-bond donors (Lipinski definition) is 2. The minimum absolute atomic E-state index is 0.103. The van der Waals surface area contributed by atoms with Gasteiger partial charge in [0.05, 0.1) is 4.88 Å². The maximum atomic E-state index is 13.6. The van der Waals surface area contributed by atoms with E-state index in [1.165, 1.54) is 23.5 Å². The highest BCUT2D eigenvalue weighted by Crippen LogP contribution is 2.42. The van der Waals surface area contributed by atoms with Crippen LogP contribution in [0.5, 0.6) is 0 Å². The van der Waals surface area contributed by atoms with Gasteiger partial charge < -0.3 is 10.6 Å². The molecule has 3 aromatic rings. The van der Waals surface area contributed by atoms with E-state index in [1.807, 2.05) is 36.4 Å². The summed E-state index contributed by atoms with van der Waals surface area (Å²) in [5.74, 6) is -0.0160. The summed E-state index contributed by atoms with van der Waals surface area (Å²) >= 11 is 1.48. The first-order valence-electron chi connectivity index (χ1n) is 7.57. The minimum Gasteiger partial charge on any atom is -0.331 e. The summed E-state index contributed by atoms with van der Waals surface area (Å²) in [6.07, 6.45) is 0.295. The molecule has 2 heterocycles. The van der Waals surface area contributed by atoms with Crippen molar-refractivity contribution < 1.29 is 9.18 Å². The Hall–Kier alpha value is -2.73. The van der Waals surface area contributed by atoms with E-state index in [1.54, 1.807) is 6.07 Å². The summed E-state index contributed by atoms with van der Waals surface area (Å²) < 4.78 is 13.6. The molecule has 1 amide bonds. The van der Waals surface area contributed by atoms with Crippen LogP contribution in [0.25, 0.3) is 0 Å². The third-order valence-corrected chi connectivity index (χ3v) is 4.98. The average Bonchev–Trinajstić information content (AvgIpc) is 2.97. The van der Waals surface area contributed by atoms with Crippen molar-refractivity contribution in [2.75, 3.05) is 10.6 Å². The molecule has 0 spiro atoms. The van der Waals surface area contributed by atoms with E-state index >= 15 is 0 Å². The number of para-hydroxylation sites is 1. The fourth-order valence-electron chi connectivity index (χ4n) is 2.81. The predicted molar refractivity (Wildman–Crippen MR) is 93.3 cm³/mol. The molecule has 0 unspecified atom stereocenters. The van der Waals surface area contributed by atoms with Crippen molar-refractivity contribution in [2.45, 2.75) is 12.3 Å². The number of rotatable bonds is 3. The number of anilines is 3. The van der Waals surface area contributed by atoms with Crippen molar-refractivity contribution in [3.05, 3.63) is 70.9 Å². The molecule has 2 aromatic carbocycles. The molecular weight excluding hydrogens is 325 g/mol. The largest absolute Gasteiger partial charge is 0.331 e. The third-order valence-electron chi connectivity index (χ3n) is 3.89. The molecule has 0 saturated heterocycles. The van der Waals surface area contributed by atoms with Crippen LogP contribution in [0.1, 0.15) is 22.8 Å². The highest BCUT2D eigenvalue weighted by Gasteiger charge is 2.30. The van der Waals surface area contributed by atoms with Gasteiger partial charge in [0, 0.05) is 18.0 Å². The van der Waals surface area contributed by atoms with Gasteiger partial charge in [0.15, 0.2) is 5.13 Å². The molecule has 0 bridgehead atoms. The molecule has 1 aliphatic heterocycles. The Kier molecular flexibility index (Phi) is 3.74. The average molecular weight is 339 g/mol. The topological polar surface area (TPSA) is 54.0 Å². The number of halogens is 1. The summed E-state index contributed by atoms with van der Waals surface area (Å²) in [7, 11) is 0. The van der Waals surface area contributed by atoms with Crippen LogP contribution in [0.4, 0.5) is 21.0 Å². The predicted octanol–water partition coefficient (Wildman–Crippen LogP) is 4.50. The zero-order valence-electron chi connectivity index (χ0n) is 12.6.